The first kappa shape index (κ1) is 13.1. The number of piperidine rings is 3. The first-order chi connectivity index (χ1) is 9.06. The summed E-state index contributed by atoms with van der Waals surface area (Å²) in [4.78, 5) is 28.4. The summed E-state index contributed by atoms with van der Waals surface area (Å²) >= 11 is 0. The fraction of sp³-hybridized carbons (Fsp3) is 0.867. The summed E-state index contributed by atoms with van der Waals surface area (Å²) in [6, 6.07) is 0. The van der Waals surface area contributed by atoms with Crippen molar-refractivity contribution in [3.63, 3.8) is 0 Å². The Labute approximate surface area is 115 Å². The van der Waals surface area contributed by atoms with Crippen molar-refractivity contribution in [1.29, 1.82) is 0 Å². The number of rotatable bonds is 2. The smallest absolute Gasteiger partial charge is 0.225 e. The fourth-order valence-corrected chi connectivity index (χ4v) is 4.25. The Hall–Kier alpha value is -0.900. The van der Waals surface area contributed by atoms with Crippen molar-refractivity contribution in [2.45, 2.75) is 26.2 Å². The van der Waals surface area contributed by atoms with Gasteiger partial charge in [0, 0.05) is 24.9 Å². The Morgan fingerprint density at radius 1 is 1.05 bits per heavy atom. The number of amides is 1. The lowest BCUT2D eigenvalue weighted by atomic mass is 9.60. The summed E-state index contributed by atoms with van der Waals surface area (Å²) < 4.78 is 0. The van der Waals surface area contributed by atoms with Gasteiger partial charge >= 0.3 is 0 Å². The van der Waals surface area contributed by atoms with Crippen LogP contribution in [0.25, 0.3) is 0 Å². The Morgan fingerprint density at radius 2 is 1.63 bits per heavy atom. The van der Waals surface area contributed by atoms with Crippen LogP contribution in [0.3, 0.4) is 0 Å². The SMILES string of the molecule is CC(=O)C1C2CC1CN(C(=O)C1CCN(C)CC1)C2. The van der Waals surface area contributed by atoms with Gasteiger partial charge in [0.15, 0.2) is 0 Å². The molecule has 4 fully saturated rings. The molecule has 3 heterocycles. The maximum absolute atomic E-state index is 12.5. The first-order valence-electron chi connectivity index (χ1n) is 7.54. The van der Waals surface area contributed by atoms with E-state index in [4.69, 9.17) is 0 Å². The number of carbonyl (C=O) groups excluding carboxylic acids is 2. The third kappa shape index (κ3) is 2.31. The molecule has 0 spiro atoms. The van der Waals surface area contributed by atoms with E-state index in [1.165, 1.54) is 0 Å². The summed E-state index contributed by atoms with van der Waals surface area (Å²) in [6.07, 6.45) is 3.15. The second-order valence-corrected chi connectivity index (χ2v) is 6.71. The van der Waals surface area contributed by atoms with Crippen LogP contribution in [-0.4, -0.2) is 54.7 Å². The van der Waals surface area contributed by atoms with Crippen molar-refractivity contribution in [3.05, 3.63) is 0 Å². The van der Waals surface area contributed by atoms with Crippen LogP contribution in [0.5, 0.6) is 0 Å². The van der Waals surface area contributed by atoms with Gasteiger partial charge in [-0.15, -0.1) is 0 Å². The van der Waals surface area contributed by atoms with Gasteiger partial charge in [-0.05, 0) is 58.2 Å². The van der Waals surface area contributed by atoms with Gasteiger partial charge in [-0.25, -0.2) is 0 Å². The third-order valence-corrected chi connectivity index (χ3v) is 5.38. The highest BCUT2D eigenvalue weighted by molar-refractivity contribution is 5.82. The molecule has 0 aromatic heterocycles. The quantitative estimate of drug-likeness (QED) is 0.747. The predicted octanol–water partition coefficient (Wildman–Crippen LogP) is 1.01. The number of nitrogens with zero attached hydrogens (tertiary/aromatic N) is 2. The Morgan fingerprint density at radius 3 is 2.16 bits per heavy atom. The minimum atomic E-state index is 0.226. The van der Waals surface area contributed by atoms with E-state index in [-0.39, 0.29) is 11.8 Å². The molecule has 2 unspecified atom stereocenters. The molecule has 4 nitrogen and oxygen atoms in total. The fourth-order valence-electron chi connectivity index (χ4n) is 4.25. The van der Waals surface area contributed by atoms with Gasteiger partial charge < -0.3 is 9.80 Å². The van der Waals surface area contributed by atoms with Gasteiger partial charge in [0.05, 0.1) is 0 Å². The second-order valence-electron chi connectivity index (χ2n) is 6.71. The van der Waals surface area contributed by atoms with E-state index in [0.717, 1.165) is 45.4 Å². The van der Waals surface area contributed by atoms with Crippen molar-refractivity contribution in [2.75, 3.05) is 33.2 Å². The number of carbonyl (C=O) groups is 2. The average molecular weight is 264 g/mol. The molecule has 0 aromatic rings. The van der Waals surface area contributed by atoms with Crippen LogP contribution in [0, 0.1) is 23.7 Å². The topological polar surface area (TPSA) is 40.6 Å². The molecule has 4 rings (SSSR count). The molecule has 106 valence electrons. The molecule has 1 aliphatic carbocycles. The zero-order chi connectivity index (χ0) is 13.6. The summed E-state index contributed by atoms with van der Waals surface area (Å²) in [7, 11) is 2.12. The van der Waals surface area contributed by atoms with Crippen LogP contribution in [0.2, 0.25) is 0 Å². The molecule has 1 amide bonds. The zero-order valence-electron chi connectivity index (χ0n) is 12.0. The van der Waals surface area contributed by atoms with Crippen molar-refractivity contribution < 1.29 is 9.59 Å². The molecule has 3 aliphatic heterocycles. The van der Waals surface area contributed by atoms with Crippen molar-refractivity contribution in [2.24, 2.45) is 23.7 Å². The van der Waals surface area contributed by atoms with E-state index in [1.807, 2.05) is 4.90 Å². The van der Waals surface area contributed by atoms with Crippen LogP contribution >= 0.6 is 0 Å². The van der Waals surface area contributed by atoms with E-state index in [9.17, 15) is 9.59 Å². The molecule has 3 saturated heterocycles. The van der Waals surface area contributed by atoms with Gasteiger partial charge in [-0.3, -0.25) is 9.59 Å². The number of fused-ring (bicyclic) bond motifs is 2. The van der Waals surface area contributed by atoms with E-state index in [2.05, 4.69) is 11.9 Å². The molecule has 0 aromatic carbocycles. The van der Waals surface area contributed by atoms with Crippen molar-refractivity contribution >= 4 is 11.7 Å². The van der Waals surface area contributed by atoms with Gasteiger partial charge in [0.2, 0.25) is 5.91 Å². The zero-order valence-corrected chi connectivity index (χ0v) is 12.0. The molecule has 0 N–H and O–H groups in total. The minimum Gasteiger partial charge on any atom is -0.342 e. The van der Waals surface area contributed by atoms with Crippen molar-refractivity contribution in [3.8, 4) is 0 Å². The molecule has 19 heavy (non-hydrogen) atoms. The standard InChI is InChI=1S/C15H24N2O2/c1-10(18)14-12-7-13(14)9-17(8-12)15(19)11-3-5-16(2)6-4-11/h11-14H,3-9H2,1-2H3. The lowest BCUT2D eigenvalue weighted by Crippen LogP contribution is -2.59. The molecular formula is C15H24N2O2. The summed E-state index contributed by atoms with van der Waals surface area (Å²) in [5.74, 6) is 2.06. The molecule has 1 saturated carbocycles. The maximum atomic E-state index is 12.5. The van der Waals surface area contributed by atoms with Crippen LogP contribution in [0.4, 0.5) is 0 Å². The Kier molecular flexibility index (Phi) is 3.37. The number of hydrogen-bond donors (Lipinski definition) is 0. The maximum Gasteiger partial charge on any atom is 0.225 e. The highest BCUT2D eigenvalue weighted by Crippen LogP contribution is 2.46. The molecule has 2 bridgehead atoms. The summed E-state index contributed by atoms with van der Waals surface area (Å²) in [6.45, 7) is 5.43. The van der Waals surface area contributed by atoms with E-state index in [1.54, 1.807) is 6.92 Å². The van der Waals surface area contributed by atoms with Gasteiger partial charge in [-0.2, -0.15) is 0 Å². The van der Waals surface area contributed by atoms with Crippen LogP contribution in [-0.2, 0) is 9.59 Å². The Balaban J connectivity index is 1.57. The van der Waals surface area contributed by atoms with E-state index in [0.29, 0.717) is 23.5 Å². The molecule has 4 aliphatic rings. The normalized spacial score (nSPS) is 35.9. The predicted molar refractivity (Wildman–Crippen MR) is 72.6 cm³/mol. The minimum absolute atomic E-state index is 0.226. The number of ketones is 1. The highest BCUT2D eigenvalue weighted by atomic mass is 16.2. The number of Topliss-reactive ketones (excluding diaryl/α,β-unsaturated/α-hetero) is 1. The van der Waals surface area contributed by atoms with Crippen LogP contribution in [0.1, 0.15) is 26.2 Å². The Bertz CT molecular complexity index is 376. The lowest BCUT2D eigenvalue weighted by molar-refractivity contribution is -0.153. The van der Waals surface area contributed by atoms with Gasteiger partial charge in [0.1, 0.15) is 5.78 Å². The molecule has 4 heteroatoms. The average Bonchev–Trinajstić information content (AvgIpc) is 2.38. The summed E-state index contributed by atoms with van der Waals surface area (Å²) in [5.41, 5.74) is 0. The second kappa shape index (κ2) is 4.89. The van der Waals surface area contributed by atoms with Crippen molar-refractivity contribution in [1.82, 2.24) is 9.80 Å². The highest BCUT2D eigenvalue weighted by Gasteiger charge is 2.50. The monoisotopic (exact) mass is 264 g/mol. The molecule has 2 atom stereocenters. The first-order valence-corrected chi connectivity index (χ1v) is 7.54. The van der Waals surface area contributed by atoms with Gasteiger partial charge in [0.25, 0.3) is 0 Å². The number of hydrogen-bond acceptors (Lipinski definition) is 3. The third-order valence-electron chi connectivity index (χ3n) is 5.38. The van der Waals surface area contributed by atoms with E-state index < -0.39 is 0 Å². The molecule has 0 radical (unpaired) electrons. The van der Waals surface area contributed by atoms with Crippen LogP contribution < -0.4 is 0 Å². The van der Waals surface area contributed by atoms with E-state index >= 15 is 0 Å². The van der Waals surface area contributed by atoms with Crippen LogP contribution in [0.15, 0.2) is 0 Å². The molecular weight excluding hydrogens is 240 g/mol. The largest absolute Gasteiger partial charge is 0.342 e. The lowest BCUT2D eigenvalue weighted by Gasteiger charge is -2.53. The van der Waals surface area contributed by atoms with Gasteiger partial charge in [-0.1, -0.05) is 0 Å². The number of likely N-dealkylation sites (tertiary alicyclic amines) is 1. The summed E-state index contributed by atoms with van der Waals surface area (Å²) in [5, 5.41) is 0.